The summed E-state index contributed by atoms with van der Waals surface area (Å²) >= 11 is 0. The van der Waals surface area contributed by atoms with Gasteiger partial charge in [0.05, 0.1) is 13.5 Å². The number of hydrogen-bond donors (Lipinski definition) is 0. The van der Waals surface area contributed by atoms with Crippen LogP contribution in [-0.4, -0.2) is 26.0 Å². The van der Waals surface area contributed by atoms with Crippen molar-refractivity contribution in [3.05, 3.63) is 5.82 Å². The largest absolute Gasteiger partial charge is 0.299 e. The lowest BCUT2D eigenvalue weighted by molar-refractivity contribution is -0.122. The Morgan fingerprint density at radius 1 is 1.50 bits per heavy atom. The molecule has 0 N–H and O–H groups in total. The van der Waals surface area contributed by atoms with E-state index in [4.69, 9.17) is 0 Å². The number of aromatic nitrogens is 4. The van der Waals surface area contributed by atoms with Crippen molar-refractivity contribution < 1.29 is 4.79 Å². The van der Waals surface area contributed by atoms with Gasteiger partial charge in [0.2, 0.25) is 0 Å². The van der Waals surface area contributed by atoms with Gasteiger partial charge >= 0.3 is 0 Å². The number of nitrogens with zero attached hydrogens (tertiary/aromatic N) is 4. The van der Waals surface area contributed by atoms with Gasteiger partial charge in [-0.3, -0.25) is 4.79 Å². The van der Waals surface area contributed by atoms with Gasteiger partial charge in [-0.25, -0.2) is 0 Å². The highest BCUT2D eigenvalue weighted by Gasteiger charge is 2.29. The first-order valence-corrected chi connectivity index (χ1v) is 5.94. The molecule has 1 aliphatic carbocycles. The SMILES string of the molecule is CCC1CCC(C(=O)Cc2nnn(C)n2)C1. The Hall–Kier alpha value is -1.26. The van der Waals surface area contributed by atoms with Gasteiger partial charge in [0.15, 0.2) is 5.82 Å². The fourth-order valence-electron chi connectivity index (χ4n) is 2.43. The van der Waals surface area contributed by atoms with Gasteiger partial charge in [-0.05, 0) is 30.4 Å². The Balaban J connectivity index is 1.89. The van der Waals surface area contributed by atoms with E-state index in [1.165, 1.54) is 17.6 Å². The lowest BCUT2D eigenvalue weighted by atomic mass is 9.97. The molecule has 2 unspecified atom stereocenters. The molecule has 0 saturated heterocycles. The Bertz CT molecular complexity index is 374. The number of hydrogen-bond acceptors (Lipinski definition) is 4. The average molecular weight is 222 g/mol. The minimum atomic E-state index is 0.230. The van der Waals surface area contributed by atoms with Crippen molar-refractivity contribution in [3.8, 4) is 0 Å². The molecule has 0 bridgehead atoms. The van der Waals surface area contributed by atoms with Crippen LogP contribution in [0.4, 0.5) is 0 Å². The second-order valence-corrected chi connectivity index (χ2v) is 4.62. The molecule has 1 heterocycles. The molecular formula is C11H18N4O. The first-order valence-electron chi connectivity index (χ1n) is 5.94. The first kappa shape index (κ1) is 11.2. The van der Waals surface area contributed by atoms with Crippen LogP contribution >= 0.6 is 0 Å². The summed E-state index contributed by atoms with van der Waals surface area (Å²) in [6.45, 7) is 2.20. The smallest absolute Gasteiger partial charge is 0.182 e. The molecule has 0 amide bonds. The first-order chi connectivity index (χ1) is 7.69. The van der Waals surface area contributed by atoms with Crippen LogP contribution < -0.4 is 0 Å². The number of carbonyl (C=O) groups excluding carboxylic acids is 1. The highest BCUT2D eigenvalue weighted by molar-refractivity contribution is 5.82. The number of Topliss-reactive ketones (excluding diaryl/α,β-unsaturated/α-hetero) is 1. The molecule has 2 atom stereocenters. The molecule has 0 spiro atoms. The zero-order chi connectivity index (χ0) is 11.5. The van der Waals surface area contributed by atoms with Crippen LogP contribution in [0.15, 0.2) is 0 Å². The van der Waals surface area contributed by atoms with Gasteiger partial charge in [0.25, 0.3) is 0 Å². The van der Waals surface area contributed by atoms with Crippen LogP contribution in [0.25, 0.3) is 0 Å². The van der Waals surface area contributed by atoms with Crippen molar-refractivity contribution in [1.29, 1.82) is 0 Å². The monoisotopic (exact) mass is 222 g/mol. The van der Waals surface area contributed by atoms with Crippen LogP contribution in [-0.2, 0) is 18.3 Å². The van der Waals surface area contributed by atoms with Crippen molar-refractivity contribution in [2.45, 2.75) is 39.0 Å². The minimum absolute atomic E-state index is 0.230. The zero-order valence-electron chi connectivity index (χ0n) is 9.89. The molecule has 1 aromatic heterocycles. The fourth-order valence-corrected chi connectivity index (χ4v) is 2.43. The van der Waals surface area contributed by atoms with Gasteiger partial charge < -0.3 is 0 Å². The van der Waals surface area contributed by atoms with E-state index in [0.717, 1.165) is 18.8 Å². The molecule has 2 rings (SSSR count). The van der Waals surface area contributed by atoms with E-state index in [-0.39, 0.29) is 11.7 Å². The Kier molecular flexibility index (Phi) is 3.31. The quantitative estimate of drug-likeness (QED) is 0.766. The summed E-state index contributed by atoms with van der Waals surface area (Å²) in [6, 6.07) is 0. The lowest BCUT2D eigenvalue weighted by Crippen LogP contribution is -2.15. The van der Waals surface area contributed by atoms with Gasteiger partial charge in [0, 0.05) is 5.92 Å². The third kappa shape index (κ3) is 2.46. The molecule has 5 heteroatoms. The molecule has 1 fully saturated rings. The van der Waals surface area contributed by atoms with E-state index in [1.807, 2.05) is 0 Å². The lowest BCUT2D eigenvalue weighted by Gasteiger charge is -2.07. The maximum atomic E-state index is 12.0. The topological polar surface area (TPSA) is 60.7 Å². The number of ketones is 1. The number of carbonyl (C=O) groups is 1. The molecule has 0 aliphatic heterocycles. The number of tetrazole rings is 1. The highest BCUT2D eigenvalue weighted by atomic mass is 16.1. The third-order valence-corrected chi connectivity index (χ3v) is 3.46. The summed E-state index contributed by atoms with van der Waals surface area (Å²) < 4.78 is 0. The second-order valence-electron chi connectivity index (χ2n) is 4.62. The molecule has 88 valence electrons. The van der Waals surface area contributed by atoms with E-state index >= 15 is 0 Å². The molecular weight excluding hydrogens is 204 g/mol. The van der Waals surface area contributed by atoms with Crippen molar-refractivity contribution in [2.75, 3.05) is 0 Å². The van der Waals surface area contributed by atoms with Crippen LogP contribution in [0.3, 0.4) is 0 Å². The molecule has 1 aromatic rings. The van der Waals surface area contributed by atoms with E-state index in [9.17, 15) is 4.79 Å². The van der Waals surface area contributed by atoms with E-state index < -0.39 is 0 Å². The fraction of sp³-hybridized carbons (Fsp3) is 0.818. The Morgan fingerprint density at radius 2 is 2.31 bits per heavy atom. The van der Waals surface area contributed by atoms with Crippen molar-refractivity contribution in [1.82, 2.24) is 20.2 Å². The molecule has 0 aromatic carbocycles. The number of rotatable bonds is 4. The Labute approximate surface area is 95.2 Å². The van der Waals surface area contributed by atoms with Crippen molar-refractivity contribution >= 4 is 5.78 Å². The van der Waals surface area contributed by atoms with E-state index in [0.29, 0.717) is 12.2 Å². The van der Waals surface area contributed by atoms with Gasteiger partial charge in [-0.15, -0.1) is 10.2 Å². The molecule has 1 saturated carbocycles. The third-order valence-electron chi connectivity index (χ3n) is 3.46. The molecule has 5 nitrogen and oxygen atoms in total. The standard InChI is InChI=1S/C11H18N4O/c1-3-8-4-5-9(6-8)10(16)7-11-12-14-15(2)13-11/h8-9H,3-7H2,1-2H3. The maximum absolute atomic E-state index is 12.0. The van der Waals surface area contributed by atoms with Crippen molar-refractivity contribution in [2.24, 2.45) is 18.9 Å². The van der Waals surface area contributed by atoms with E-state index in [1.54, 1.807) is 7.05 Å². The predicted octanol–water partition coefficient (Wildman–Crippen LogP) is 1.15. The summed E-state index contributed by atoms with van der Waals surface area (Å²) in [6.07, 6.45) is 4.82. The summed E-state index contributed by atoms with van der Waals surface area (Å²) in [5.41, 5.74) is 0. The molecule has 16 heavy (non-hydrogen) atoms. The zero-order valence-corrected chi connectivity index (χ0v) is 9.89. The second kappa shape index (κ2) is 4.72. The van der Waals surface area contributed by atoms with Gasteiger partial charge in [0.1, 0.15) is 5.78 Å². The van der Waals surface area contributed by atoms with Crippen LogP contribution in [0.5, 0.6) is 0 Å². The van der Waals surface area contributed by atoms with Crippen LogP contribution in [0.2, 0.25) is 0 Å². The summed E-state index contributed by atoms with van der Waals surface area (Å²) in [4.78, 5) is 13.4. The average Bonchev–Trinajstić information content (AvgIpc) is 2.87. The maximum Gasteiger partial charge on any atom is 0.182 e. The minimum Gasteiger partial charge on any atom is -0.299 e. The summed E-state index contributed by atoms with van der Waals surface area (Å²) in [5.74, 6) is 1.80. The number of aryl methyl sites for hydroxylation is 1. The van der Waals surface area contributed by atoms with Crippen LogP contribution in [0, 0.1) is 11.8 Å². The molecule has 1 aliphatic rings. The van der Waals surface area contributed by atoms with Crippen molar-refractivity contribution in [3.63, 3.8) is 0 Å². The van der Waals surface area contributed by atoms with Gasteiger partial charge in [-0.1, -0.05) is 13.3 Å². The predicted molar refractivity (Wildman–Crippen MR) is 58.6 cm³/mol. The summed E-state index contributed by atoms with van der Waals surface area (Å²) in [5, 5.41) is 11.6. The summed E-state index contributed by atoms with van der Waals surface area (Å²) in [7, 11) is 1.71. The van der Waals surface area contributed by atoms with Crippen LogP contribution in [0.1, 0.15) is 38.4 Å². The normalized spacial score (nSPS) is 24.9. The molecule has 0 radical (unpaired) electrons. The van der Waals surface area contributed by atoms with Gasteiger partial charge in [-0.2, -0.15) is 4.80 Å². The highest BCUT2D eigenvalue weighted by Crippen LogP contribution is 2.33. The Morgan fingerprint density at radius 3 is 2.88 bits per heavy atom. The van der Waals surface area contributed by atoms with E-state index in [2.05, 4.69) is 22.3 Å².